The first kappa shape index (κ1) is 21.4. The van der Waals surface area contributed by atoms with Gasteiger partial charge in [-0.3, -0.25) is 23.5 Å². The fourth-order valence-electron chi connectivity index (χ4n) is 3.51. The number of hydrogen-bond acceptors (Lipinski definition) is 6. The van der Waals surface area contributed by atoms with Gasteiger partial charge in [-0.1, -0.05) is 53.8 Å². The van der Waals surface area contributed by atoms with Crippen LogP contribution in [-0.4, -0.2) is 25.8 Å². The lowest BCUT2D eigenvalue weighted by Crippen LogP contribution is -2.41. The lowest BCUT2D eigenvalue weighted by atomic mass is 10.1. The Hall–Kier alpha value is -3.85. The fraction of sp³-hybridized carbons (Fsp3) is 0.174. The number of benzene rings is 2. The van der Waals surface area contributed by atoms with Crippen molar-refractivity contribution in [2.45, 2.75) is 26.9 Å². The first-order valence-corrected chi connectivity index (χ1v) is 10.8. The molecule has 9 heteroatoms. The van der Waals surface area contributed by atoms with Crippen LogP contribution in [0, 0.1) is 0 Å². The third-order valence-electron chi connectivity index (χ3n) is 4.99. The summed E-state index contributed by atoms with van der Waals surface area (Å²) in [5.74, 6) is -0.638. The number of thiazole rings is 1. The molecule has 0 unspecified atom stereocenters. The van der Waals surface area contributed by atoms with Crippen molar-refractivity contribution in [1.82, 2.24) is 14.1 Å². The van der Waals surface area contributed by atoms with E-state index in [0.717, 1.165) is 21.5 Å². The van der Waals surface area contributed by atoms with Crippen LogP contribution in [0.4, 0.5) is 5.13 Å². The van der Waals surface area contributed by atoms with Gasteiger partial charge in [0.15, 0.2) is 10.9 Å². The van der Waals surface area contributed by atoms with Crippen molar-refractivity contribution in [1.29, 1.82) is 0 Å². The molecule has 8 nitrogen and oxygen atoms in total. The second-order valence-electron chi connectivity index (χ2n) is 7.10. The predicted octanol–water partition coefficient (Wildman–Crippen LogP) is 3.15. The van der Waals surface area contributed by atoms with E-state index in [-0.39, 0.29) is 29.6 Å². The molecule has 32 heavy (non-hydrogen) atoms. The zero-order valence-corrected chi connectivity index (χ0v) is 18.3. The lowest BCUT2D eigenvalue weighted by Gasteiger charge is -2.12. The van der Waals surface area contributed by atoms with Crippen LogP contribution >= 0.6 is 11.3 Å². The Morgan fingerprint density at radius 2 is 1.69 bits per heavy atom. The molecule has 4 rings (SSSR count). The van der Waals surface area contributed by atoms with Gasteiger partial charge in [0, 0.05) is 19.0 Å². The van der Waals surface area contributed by atoms with Gasteiger partial charge in [-0.25, -0.2) is 9.78 Å². The van der Waals surface area contributed by atoms with Crippen LogP contribution in [0.3, 0.4) is 0 Å². The molecule has 0 fully saturated rings. The molecule has 4 aromatic rings. The van der Waals surface area contributed by atoms with Gasteiger partial charge in [0.2, 0.25) is 5.91 Å². The Morgan fingerprint density at radius 3 is 2.38 bits per heavy atom. The van der Waals surface area contributed by atoms with E-state index in [0.29, 0.717) is 21.5 Å². The maximum Gasteiger partial charge on any atom is 0.331 e. The summed E-state index contributed by atoms with van der Waals surface area (Å²) in [6.07, 6.45) is 0. The van der Waals surface area contributed by atoms with Crippen LogP contribution in [-0.2, 0) is 17.9 Å². The molecule has 1 amide bonds. The van der Waals surface area contributed by atoms with E-state index in [4.69, 9.17) is 0 Å². The minimum absolute atomic E-state index is 0.154. The molecule has 2 aromatic carbocycles. The molecule has 0 spiro atoms. The van der Waals surface area contributed by atoms with E-state index >= 15 is 0 Å². The van der Waals surface area contributed by atoms with E-state index in [2.05, 4.69) is 10.3 Å². The molecule has 0 aliphatic carbocycles. The molecule has 0 aliphatic heterocycles. The molecular formula is C23H20N4O4S. The smallest absolute Gasteiger partial charge is 0.300 e. The van der Waals surface area contributed by atoms with E-state index in [1.807, 2.05) is 30.3 Å². The van der Waals surface area contributed by atoms with Gasteiger partial charge in [-0.2, -0.15) is 0 Å². The van der Waals surface area contributed by atoms with Crippen molar-refractivity contribution in [3.8, 4) is 11.3 Å². The summed E-state index contributed by atoms with van der Waals surface area (Å²) < 4.78 is 2.37. The number of aromatic nitrogens is 3. The van der Waals surface area contributed by atoms with Crippen molar-refractivity contribution in [2.24, 2.45) is 0 Å². The Morgan fingerprint density at radius 1 is 1.00 bits per heavy atom. The number of carbonyl (C=O) groups excluding carboxylic acids is 2. The molecular weight excluding hydrogens is 428 g/mol. The summed E-state index contributed by atoms with van der Waals surface area (Å²) in [5.41, 5.74) is 0.714. The Balaban J connectivity index is 1.69. The second kappa shape index (κ2) is 8.72. The molecule has 0 atom stereocenters. The monoisotopic (exact) mass is 448 g/mol. The predicted molar refractivity (Wildman–Crippen MR) is 124 cm³/mol. The normalized spacial score (nSPS) is 10.9. The highest BCUT2D eigenvalue weighted by Gasteiger charge is 2.19. The number of para-hydroxylation sites is 1. The standard InChI is InChI=1S/C23H20N4O4S/c1-3-26-21(30)16-11-7-8-12-17(16)27(23(26)31)13-18(29)24-22-25-19(20(32-22)14(2)28)15-9-5-4-6-10-15/h4-12H,3,13H2,1-2H3,(H,24,25,29). The highest BCUT2D eigenvalue weighted by Crippen LogP contribution is 2.31. The minimum Gasteiger partial charge on any atom is -0.300 e. The average Bonchev–Trinajstić information content (AvgIpc) is 3.22. The van der Waals surface area contributed by atoms with Crippen LogP contribution in [0.1, 0.15) is 23.5 Å². The molecule has 2 heterocycles. The number of hydrogen-bond donors (Lipinski definition) is 1. The number of nitrogens with one attached hydrogen (secondary N) is 1. The van der Waals surface area contributed by atoms with Crippen molar-refractivity contribution in [2.75, 3.05) is 5.32 Å². The van der Waals surface area contributed by atoms with Crippen molar-refractivity contribution >= 4 is 39.1 Å². The summed E-state index contributed by atoms with van der Waals surface area (Å²) in [5, 5.41) is 3.32. The number of Topliss-reactive ketones (excluding diaryl/α,β-unsaturated/α-hetero) is 1. The highest BCUT2D eigenvalue weighted by atomic mass is 32.1. The number of carbonyl (C=O) groups is 2. The molecule has 0 radical (unpaired) electrons. The van der Waals surface area contributed by atoms with Crippen LogP contribution in [0.15, 0.2) is 64.2 Å². The van der Waals surface area contributed by atoms with Crippen LogP contribution in [0.2, 0.25) is 0 Å². The van der Waals surface area contributed by atoms with Gasteiger partial charge in [-0.05, 0) is 19.1 Å². The molecule has 162 valence electrons. The van der Waals surface area contributed by atoms with Crippen LogP contribution < -0.4 is 16.6 Å². The van der Waals surface area contributed by atoms with Gasteiger partial charge in [0.05, 0.1) is 21.5 Å². The molecule has 0 aliphatic rings. The molecule has 1 N–H and O–H groups in total. The zero-order chi connectivity index (χ0) is 22.8. The first-order valence-electron chi connectivity index (χ1n) is 10.00. The van der Waals surface area contributed by atoms with Crippen molar-refractivity contribution < 1.29 is 9.59 Å². The molecule has 0 saturated carbocycles. The molecule has 0 bridgehead atoms. The average molecular weight is 449 g/mol. The number of ketones is 1. The molecule has 2 aromatic heterocycles. The number of anilines is 1. The summed E-state index contributed by atoms with van der Waals surface area (Å²) in [4.78, 5) is 55.2. The Kier molecular flexibility index (Phi) is 5.83. The summed E-state index contributed by atoms with van der Waals surface area (Å²) in [6, 6.07) is 15.9. The Labute approximate surface area is 186 Å². The fourth-order valence-corrected chi connectivity index (χ4v) is 4.41. The lowest BCUT2D eigenvalue weighted by molar-refractivity contribution is -0.116. The topological polar surface area (TPSA) is 103 Å². The third-order valence-corrected chi connectivity index (χ3v) is 6.06. The highest BCUT2D eigenvalue weighted by molar-refractivity contribution is 7.18. The SMILES string of the molecule is CCn1c(=O)c2ccccc2n(CC(=O)Nc2nc(-c3ccccc3)c(C(C)=O)s2)c1=O. The van der Waals surface area contributed by atoms with E-state index in [9.17, 15) is 19.2 Å². The van der Waals surface area contributed by atoms with Gasteiger partial charge in [0.25, 0.3) is 5.56 Å². The number of fused-ring (bicyclic) bond motifs is 1. The van der Waals surface area contributed by atoms with Crippen molar-refractivity contribution in [3.63, 3.8) is 0 Å². The van der Waals surface area contributed by atoms with E-state index < -0.39 is 11.6 Å². The second-order valence-corrected chi connectivity index (χ2v) is 8.10. The van der Waals surface area contributed by atoms with Gasteiger partial charge >= 0.3 is 5.69 Å². The quantitative estimate of drug-likeness (QED) is 0.457. The maximum atomic E-state index is 12.8. The van der Waals surface area contributed by atoms with Crippen LogP contribution in [0.5, 0.6) is 0 Å². The molecule has 0 saturated heterocycles. The summed E-state index contributed by atoms with van der Waals surface area (Å²) in [6.45, 7) is 3.05. The third kappa shape index (κ3) is 3.90. The van der Waals surface area contributed by atoms with Crippen LogP contribution in [0.25, 0.3) is 22.2 Å². The van der Waals surface area contributed by atoms with E-state index in [1.165, 1.54) is 11.5 Å². The minimum atomic E-state index is -0.556. The maximum absolute atomic E-state index is 12.8. The number of amides is 1. The summed E-state index contributed by atoms with van der Waals surface area (Å²) >= 11 is 1.08. The van der Waals surface area contributed by atoms with Gasteiger partial charge in [-0.15, -0.1) is 0 Å². The zero-order valence-electron chi connectivity index (χ0n) is 17.5. The first-order chi connectivity index (χ1) is 15.4. The summed E-state index contributed by atoms with van der Waals surface area (Å²) in [7, 11) is 0. The van der Waals surface area contributed by atoms with Gasteiger partial charge in [0.1, 0.15) is 6.54 Å². The van der Waals surface area contributed by atoms with Crippen molar-refractivity contribution in [3.05, 3.63) is 80.3 Å². The Bertz CT molecular complexity index is 1450. The van der Waals surface area contributed by atoms with E-state index in [1.54, 1.807) is 31.2 Å². The number of rotatable bonds is 6. The number of nitrogens with zero attached hydrogens (tertiary/aromatic N) is 3. The van der Waals surface area contributed by atoms with Gasteiger partial charge < -0.3 is 5.32 Å². The largest absolute Gasteiger partial charge is 0.331 e.